The van der Waals surface area contributed by atoms with Crippen molar-refractivity contribution in [3.63, 3.8) is 0 Å². The van der Waals surface area contributed by atoms with Crippen LogP contribution in [0.3, 0.4) is 0 Å². The summed E-state index contributed by atoms with van der Waals surface area (Å²) in [5.41, 5.74) is 8.10. The van der Waals surface area contributed by atoms with Crippen LogP contribution < -0.4 is 15.0 Å². The molecule has 1 unspecified atom stereocenters. The van der Waals surface area contributed by atoms with E-state index in [1.165, 1.54) is 7.11 Å². The van der Waals surface area contributed by atoms with Gasteiger partial charge in [-0.05, 0) is 49.2 Å². The number of methoxy groups -OCH3 is 1. The molecule has 0 aliphatic heterocycles. The quantitative estimate of drug-likeness (QED) is 0.134. The summed E-state index contributed by atoms with van der Waals surface area (Å²) in [5, 5.41) is 4.05. The minimum atomic E-state index is -0.297. The molecular formula is C31H32N2O6. The van der Waals surface area contributed by atoms with Gasteiger partial charge in [0.25, 0.3) is 0 Å². The lowest BCUT2D eigenvalue weighted by Gasteiger charge is -2.17. The highest BCUT2D eigenvalue weighted by Crippen LogP contribution is 2.34. The van der Waals surface area contributed by atoms with Crippen molar-refractivity contribution >= 4 is 11.7 Å². The van der Waals surface area contributed by atoms with Gasteiger partial charge in [0, 0.05) is 17.0 Å². The number of hydrogen-bond donors (Lipinski definition) is 1. The van der Waals surface area contributed by atoms with Crippen LogP contribution in [0.5, 0.6) is 11.5 Å². The largest absolute Gasteiger partial charge is 0.489 e. The Morgan fingerprint density at radius 1 is 0.949 bits per heavy atom. The maximum atomic E-state index is 12.1. The molecule has 0 amide bonds. The molecule has 39 heavy (non-hydrogen) atoms. The molecule has 0 fully saturated rings. The van der Waals surface area contributed by atoms with Gasteiger partial charge in [-0.1, -0.05) is 59.8 Å². The van der Waals surface area contributed by atoms with Crippen molar-refractivity contribution < 1.29 is 28.4 Å². The number of ether oxygens (including phenoxy) is 3. The number of nitrogens with zero attached hydrogens (tertiary/aromatic N) is 1. The molecular weight excluding hydrogens is 496 g/mol. The van der Waals surface area contributed by atoms with E-state index < -0.39 is 0 Å². The molecule has 0 bridgehead atoms. The van der Waals surface area contributed by atoms with E-state index in [0.29, 0.717) is 23.8 Å². The number of benzene rings is 3. The Morgan fingerprint density at radius 3 is 2.26 bits per heavy atom. The first kappa shape index (κ1) is 27.5. The first-order valence-corrected chi connectivity index (χ1v) is 12.5. The molecule has 0 saturated heterocycles. The third-order valence-electron chi connectivity index (χ3n) is 6.26. The Morgan fingerprint density at radius 2 is 1.64 bits per heavy atom. The van der Waals surface area contributed by atoms with Gasteiger partial charge in [0.2, 0.25) is 0 Å². The van der Waals surface area contributed by atoms with E-state index in [0.717, 1.165) is 33.7 Å². The van der Waals surface area contributed by atoms with Crippen LogP contribution in [0.4, 0.5) is 0 Å². The summed E-state index contributed by atoms with van der Waals surface area (Å²) in [6.45, 7) is 4.12. The van der Waals surface area contributed by atoms with Crippen LogP contribution in [0.25, 0.3) is 5.70 Å². The average Bonchev–Trinajstić information content (AvgIpc) is 3.31. The van der Waals surface area contributed by atoms with Crippen molar-refractivity contribution in [2.75, 3.05) is 14.2 Å². The minimum absolute atomic E-state index is 0.192. The van der Waals surface area contributed by atoms with Gasteiger partial charge in [0.1, 0.15) is 35.8 Å². The number of carbonyl (C=O) groups is 1. The molecule has 0 radical (unpaired) electrons. The van der Waals surface area contributed by atoms with E-state index in [9.17, 15) is 4.79 Å². The van der Waals surface area contributed by atoms with Gasteiger partial charge in [-0.3, -0.25) is 15.1 Å². The SMILES string of the molecule is CONC(=COc1ccc(COc2ccc(C(CC(=O)OC)c3c(C)noc3C)cc2)cc1)c1ccccc1. The molecule has 4 rings (SSSR count). The Hall–Kier alpha value is -4.56. The monoisotopic (exact) mass is 528 g/mol. The first-order chi connectivity index (χ1) is 19.0. The third-order valence-corrected chi connectivity index (χ3v) is 6.26. The predicted octanol–water partition coefficient (Wildman–Crippen LogP) is 6.09. The van der Waals surface area contributed by atoms with Crippen molar-refractivity contribution in [1.29, 1.82) is 0 Å². The molecule has 0 spiro atoms. The standard InChI is InChI=1S/C31H32N2O6/c1-21-31(22(2)39-32-21)28(18-30(34)35-3)24-12-16-27(17-13-24)37-19-23-10-14-26(15-11-23)38-20-29(33-36-4)25-8-6-5-7-9-25/h5-17,20,28,33H,18-19H2,1-4H3. The summed E-state index contributed by atoms with van der Waals surface area (Å²) in [4.78, 5) is 17.2. The van der Waals surface area contributed by atoms with Crippen LogP contribution >= 0.6 is 0 Å². The zero-order valence-electron chi connectivity index (χ0n) is 22.5. The van der Waals surface area contributed by atoms with E-state index in [1.54, 1.807) is 13.4 Å². The van der Waals surface area contributed by atoms with Crippen LogP contribution in [0, 0.1) is 13.8 Å². The molecule has 0 aliphatic rings. The van der Waals surface area contributed by atoms with E-state index in [2.05, 4.69) is 10.6 Å². The summed E-state index contributed by atoms with van der Waals surface area (Å²) in [6.07, 6.45) is 1.81. The minimum Gasteiger partial charge on any atom is -0.489 e. The zero-order valence-corrected chi connectivity index (χ0v) is 22.5. The van der Waals surface area contributed by atoms with E-state index in [4.69, 9.17) is 23.6 Å². The predicted molar refractivity (Wildman–Crippen MR) is 147 cm³/mol. The number of esters is 1. The summed E-state index contributed by atoms with van der Waals surface area (Å²) >= 11 is 0. The molecule has 8 heteroatoms. The van der Waals surface area contributed by atoms with Crippen LogP contribution in [0.1, 0.15) is 46.0 Å². The average molecular weight is 529 g/mol. The summed E-state index contributed by atoms with van der Waals surface area (Å²) in [5.74, 6) is 1.58. The van der Waals surface area contributed by atoms with Crippen LogP contribution in [0.2, 0.25) is 0 Å². The molecule has 202 valence electrons. The van der Waals surface area contributed by atoms with E-state index in [1.807, 2.05) is 92.7 Å². The normalized spacial score (nSPS) is 12.1. The number of hydrogen-bond acceptors (Lipinski definition) is 8. The fourth-order valence-corrected chi connectivity index (χ4v) is 4.26. The number of nitrogens with one attached hydrogen (secondary N) is 1. The molecule has 1 atom stereocenters. The van der Waals surface area contributed by atoms with Gasteiger partial charge in [-0.2, -0.15) is 0 Å². The van der Waals surface area contributed by atoms with Gasteiger partial charge >= 0.3 is 5.97 Å². The lowest BCUT2D eigenvalue weighted by Crippen LogP contribution is -2.11. The van der Waals surface area contributed by atoms with Gasteiger partial charge in [-0.15, -0.1) is 0 Å². The Balaban J connectivity index is 1.38. The van der Waals surface area contributed by atoms with Crippen molar-refractivity contribution in [2.24, 2.45) is 0 Å². The lowest BCUT2D eigenvalue weighted by molar-refractivity contribution is -0.140. The molecule has 1 heterocycles. The lowest BCUT2D eigenvalue weighted by atomic mass is 9.87. The second-order valence-corrected chi connectivity index (χ2v) is 8.89. The van der Waals surface area contributed by atoms with E-state index in [-0.39, 0.29) is 18.3 Å². The van der Waals surface area contributed by atoms with Crippen LogP contribution in [-0.4, -0.2) is 25.3 Å². The fraction of sp³-hybridized carbons (Fsp3) is 0.226. The smallest absolute Gasteiger partial charge is 0.306 e. The topological polar surface area (TPSA) is 92.0 Å². The highest BCUT2D eigenvalue weighted by atomic mass is 16.6. The molecule has 0 aliphatic carbocycles. The number of aromatic nitrogens is 1. The Bertz CT molecular complexity index is 1360. The van der Waals surface area contributed by atoms with Gasteiger partial charge in [-0.25, -0.2) is 0 Å². The first-order valence-electron chi connectivity index (χ1n) is 12.5. The molecule has 4 aromatic rings. The number of aryl methyl sites for hydroxylation is 2. The summed E-state index contributed by atoms with van der Waals surface area (Å²) in [7, 11) is 2.94. The molecule has 0 saturated carbocycles. The highest BCUT2D eigenvalue weighted by Gasteiger charge is 2.25. The van der Waals surface area contributed by atoms with Crippen LogP contribution in [0.15, 0.2) is 89.6 Å². The van der Waals surface area contributed by atoms with Crippen molar-refractivity contribution in [2.45, 2.75) is 32.8 Å². The molecule has 3 aromatic carbocycles. The Kier molecular flexibility index (Phi) is 9.37. The maximum absolute atomic E-state index is 12.1. The van der Waals surface area contributed by atoms with Crippen molar-refractivity contribution in [3.05, 3.63) is 119 Å². The van der Waals surface area contributed by atoms with Crippen molar-refractivity contribution in [1.82, 2.24) is 10.6 Å². The van der Waals surface area contributed by atoms with Gasteiger partial charge in [0.15, 0.2) is 0 Å². The summed E-state index contributed by atoms with van der Waals surface area (Å²) < 4.78 is 22.1. The van der Waals surface area contributed by atoms with Gasteiger partial charge in [0.05, 0.1) is 26.3 Å². The van der Waals surface area contributed by atoms with Crippen LogP contribution in [-0.2, 0) is 21.0 Å². The summed E-state index contributed by atoms with van der Waals surface area (Å²) in [6, 6.07) is 25.1. The second-order valence-electron chi connectivity index (χ2n) is 8.89. The number of carbonyl (C=O) groups excluding carboxylic acids is 1. The highest BCUT2D eigenvalue weighted by molar-refractivity contribution is 5.71. The number of rotatable bonds is 12. The third kappa shape index (κ3) is 7.27. The molecule has 8 nitrogen and oxygen atoms in total. The number of hydroxylamine groups is 1. The molecule has 1 N–H and O–H groups in total. The van der Waals surface area contributed by atoms with Gasteiger partial charge < -0.3 is 18.7 Å². The van der Waals surface area contributed by atoms with Crippen molar-refractivity contribution in [3.8, 4) is 11.5 Å². The zero-order chi connectivity index (χ0) is 27.6. The fourth-order valence-electron chi connectivity index (χ4n) is 4.26. The second kappa shape index (κ2) is 13.3. The Labute approximate surface area is 228 Å². The molecule has 1 aromatic heterocycles. The van der Waals surface area contributed by atoms with E-state index >= 15 is 0 Å². The maximum Gasteiger partial charge on any atom is 0.306 e.